The van der Waals surface area contributed by atoms with E-state index in [4.69, 9.17) is 21.1 Å². The standard InChI is InChI=1S/C15H20ClNO3/c1-19-13-5-3-4-10-15(13,14(18)20-2)17-12-8-6-11(16)7-9-12/h6-9,13,17H,3-5,10H2,1-2H3. The van der Waals surface area contributed by atoms with Crippen molar-refractivity contribution < 1.29 is 14.3 Å². The van der Waals surface area contributed by atoms with E-state index in [1.807, 2.05) is 12.1 Å². The van der Waals surface area contributed by atoms with E-state index in [0.717, 1.165) is 24.9 Å². The second kappa shape index (κ2) is 6.46. The molecule has 1 saturated carbocycles. The number of benzene rings is 1. The maximum Gasteiger partial charge on any atom is 0.334 e. The summed E-state index contributed by atoms with van der Waals surface area (Å²) >= 11 is 5.89. The summed E-state index contributed by atoms with van der Waals surface area (Å²) < 4.78 is 10.6. The lowest BCUT2D eigenvalue weighted by molar-refractivity contribution is -0.153. The Morgan fingerprint density at radius 1 is 1.30 bits per heavy atom. The first-order chi connectivity index (χ1) is 9.62. The first-order valence-electron chi connectivity index (χ1n) is 6.77. The summed E-state index contributed by atoms with van der Waals surface area (Å²) in [6.07, 6.45) is 3.36. The Bertz CT molecular complexity index is 463. The van der Waals surface area contributed by atoms with Crippen molar-refractivity contribution in [2.45, 2.75) is 37.3 Å². The fourth-order valence-electron chi connectivity index (χ4n) is 2.86. The highest BCUT2D eigenvalue weighted by molar-refractivity contribution is 6.30. The van der Waals surface area contributed by atoms with Crippen molar-refractivity contribution in [3.8, 4) is 0 Å². The molecule has 5 heteroatoms. The SMILES string of the molecule is COC(=O)C1(Nc2ccc(Cl)cc2)CCCCC1OC. The predicted octanol–water partition coefficient (Wildman–Crippen LogP) is 3.25. The number of anilines is 1. The van der Waals surface area contributed by atoms with Gasteiger partial charge in [0.05, 0.1) is 13.2 Å². The zero-order valence-electron chi connectivity index (χ0n) is 11.8. The van der Waals surface area contributed by atoms with Crippen molar-refractivity contribution in [1.29, 1.82) is 0 Å². The van der Waals surface area contributed by atoms with E-state index in [1.54, 1.807) is 19.2 Å². The minimum Gasteiger partial charge on any atom is -0.467 e. The summed E-state index contributed by atoms with van der Waals surface area (Å²) in [6.45, 7) is 0. The smallest absolute Gasteiger partial charge is 0.334 e. The van der Waals surface area contributed by atoms with E-state index in [0.29, 0.717) is 11.4 Å². The number of ether oxygens (including phenoxy) is 2. The maximum absolute atomic E-state index is 12.3. The number of hydrogen-bond acceptors (Lipinski definition) is 4. The number of halogens is 1. The van der Waals surface area contributed by atoms with Gasteiger partial charge in [-0.2, -0.15) is 0 Å². The zero-order valence-corrected chi connectivity index (χ0v) is 12.6. The van der Waals surface area contributed by atoms with Gasteiger partial charge in [-0.15, -0.1) is 0 Å². The minimum atomic E-state index is -0.824. The molecule has 0 heterocycles. The summed E-state index contributed by atoms with van der Waals surface area (Å²) in [5, 5.41) is 3.98. The van der Waals surface area contributed by atoms with E-state index >= 15 is 0 Å². The number of rotatable bonds is 4. The summed E-state index contributed by atoms with van der Waals surface area (Å²) in [5.74, 6) is -0.279. The molecule has 0 aliphatic heterocycles. The highest BCUT2D eigenvalue weighted by Gasteiger charge is 2.48. The number of hydrogen-bond donors (Lipinski definition) is 1. The van der Waals surface area contributed by atoms with Gasteiger partial charge in [0.1, 0.15) is 0 Å². The van der Waals surface area contributed by atoms with E-state index in [9.17, 15) is 4.79 Å². The van der Waals surface area contributed by atoms with Crippen molar-refractivity contribution in [2.24, 2.45) is 0 Å². The van der Waals surface area contributed by atoms with Crippen LogP contribution >= 0.6 is 11.6 Å². The van der Waals surface area contributed by atoms with Crippen molar-refractivity contribution >= 4 is 23.3 Å². The molecule has 1 aromatic carbocycles. The Labute approximate surface area is 124 Å². The predicted molar refractivity (Wildman–Crippen MR) is 79.1 cm³/mol. The molecular formula is C15H20ClNO3. The first-order valence-corrected chi connectivity index (χ1v) is 7.15. The molecule has 1 aliphatic rings. The molecule has 20 heavy (non-hydrogen) atoms. The second-order valence-corrected chi connectivity index (χ2v) is 5.50. The van der Waals surface area contributed by atoms with Crippen LogP contribution in [-0.4, -0.2) is 31.8 Å². The normalized spacial score (nSPS) is 26.1. The number of esters is 1. The van der Waals surface area contributed by atoms with Crippen LogP contribution in [0.4, 0.5) is 5.69 Å². The molecule has 1 aromatic rings. The van der Waals surface area contributed by atoms with Gasteiger partial charge in [-0.25, -0.2) is 4.79 Å². The summed E-state index contributed by atoms with van der Waals surface area (Å²) in [5.41, 5.74) is 0.0130. The molecule has 0 amide bonds. The van der Waals surface area contributed by atoms with Gasteiger partial charge in [-0.1, -0.05) is 24.4 Å². The lowest BCUT2D eigenvalue weighted by Crippen LogP contribution is -2.58. The Hall–Kier alpha value is -1.26. The van der Waals surface area contributed by atoms with Crippen molar-refractivity contribution in [1.82, 2.24) is 0 Å². The average molecular weight is 298 g/mol. The molecule has 0 aromatic heterocycles. The van der Waals surface area contributed by atoms with Gasteiger partial charge in [0, 0.05) is 17.8 Å². The largest absolute Gasteiger partial charge is 0.467 e. The van der Waals surface area contributed by atoms with Gasteiger partial charge in [0.15, 0.2) is 5.54 Å². The second-order valence-electron chi connectivity index (χ2n) is 5.06. The number of methoxy groups -OCH3 is 2. The van der Waals surface area contributed by atoms with Crippen molar-refractivity contribution in [3.05, 3.63) is 29.3 Å². The van der Waals surface area contributed by atoms with E-state index < -0.39 is 5.54 Å². The Balaban J connectivity index is 2.31. The van der Waals surface area contributed by atoms with Gasteiger partial charge < -0.3 is 14.8 Å². The van der Waals surface area contributed by atoms with Crippen LogP contribution in [-0.2, 0) is 14.3 Å². The number of carbonyl (C=O) groups excluding carboxylic acids is 1. The molecule has 1 fully saturated rings. The van der Waals surface area contributed by atoms with Crippen LogP contribution in [0.25, 0.3) is 0 Å². The van der Waals surface area contributed by atoms with Gasteiger partial charge in [0.25, 0.3) is 0 Å². The van der Waals surface area contributed by atoms with E-state index in [1.165, 1.54) is 7.11 Å². The van der Waals surface area contributed by atoms with Crippen LogP contribution < -0.4 is 5.32 Å². The van der Waals surface area contributed by atoms with E-state index in [-0.39, 0.29) is 12.1 Å². The fourth-order valence-corrected chi connectivity index (χ4v) is 2.99. The third-order valence-electron chi connectivity index (χ3n) is 3.88. The Morgan fingerprint density at radius 3 is 2.60 bits per heavy atom. The zero-order chi connectivity index (χ0) is 14.6. The molecular weight excluding hydrogens is 278 g/mol. The molecule has 2 atom stereocenters. The van der Waals surface area contributed by atoms with Gasteiger partial charge >= 0.3 is 5.97 Å². The van der Waals surface area contributed by atoms with Crippen molar-refractivity contribution in [3.63, 3.8) is 0 Å². The van der Waals surface area contributed by atoms with E-state index in [2.05, 4.69) is 5.32 Å². The quantitative estimate of drug-likeness (QED) is 0.867. The van der Waals surface area contributed by atoms with Gasteiger partial charge in [-0.3, -0.25) is 0 Å². The lowest BCUT2D eigenvalue weighted by atomic mass is 9.78. The summed E-state index contributed by atoms with van der Waals surface area (Å²) in [7, 11) is 3.05. The van der Waals surface area contributed by atoms with Gasteiger partial charge in [0.2, 0.25) is 0 Å². The van der Waals surface area contributed by atoms with Crippen LogP contribution in [0.15, 0.2) is 24.3 Å². The highest BCUT2D eigenvalue weighted by Crippen LogP contribution is 2.35. The fraction of sp³-hybridized carbons (Fsp3) is 0.533. The molecule has 0 spiro atoms. The Kier molecular flexibility index (Phi) is 4.89. The minimum absolute atomic E-state index is 0.195. The van der Waals surface area contributed by atoms with Crippen LogP contribution in [0.5, 0.6) is 0 Å². The topological polar surface area (TPSA) is 47.6 Å². The third kappa shape index (κ3) is 2.91. The van der Waals surface area contributed by atoms with Crippen LogP contribution in [0.3, 0.4) is 0 Å². The molecule has 4 nitrogen and oxygen atoms in total. The molecule has 0 radical (unpaired) electrons. The summed E-state index contributed by atoms with van der Waals surface area (Å²) in [6, 6.07) is 7.29. The van der Waals surface area contributed by atoms with Gasteiger partial charge in [-0.05, 0) is 37.1 Å². The highest BCUT2D eigenvalue weighted by atomic mass is 35.5. The monoisotopic (exact) mass is 297 g/mol. The molecule has 2 unspecified atom stereocenters. The first kappa shape index (κ1) is 15.1. The number of carbonyl (C=O) groups is 1. The third-order valence-corrected chi connectivity index (χ3v) is 4.13. The van der Waals surface area contributed by atoms with Crippen molar-refractivity contribution in [2.75, 3.05) is 19.5 Å². The molecule has 2 rings (SSSR count). The molecule has 0 saturated heterocycles. The van der Waals surface area contributed by atoms with Crippen LogP contribution in [0.1, 0.15) is 25.7 Å². The maximum atomic E-state index is 12.3. The van der Waals surface area contributed by atoms with Crippen LogP contribution in [0.2, 0.25) is 5.02 Å². The average Bonchev–Trinajstić information content (AvgIpc) is 2.49. The molecule has 0 bridgehead atoms. The Morgan fingerprint density at radius 2 is 2.00 bits per heavy atom. The van der Waals surface area contributed by atoms with Crippen LogP contribution in [0, 0.1) is 0 Å². The molecule has 1 N–H and O–H groups in total. The number of nitrogens with one attached hydrogen (secondary N) is 1. The summed E-state index contributed by atoms with van der Waals surface area (Å²) in [4.78, 5) is 12.3. The lowest BCUT2D eigenvalue weighted by Gasteiger charge is -2.41. The molecule has 1 aliphatic carbocycles. The molecule has 110 valence electrons.